The van der Waals surface area contributed by atoms with Crippen LogP contribution < -0.4 is 5.32 Å². The molecule has 2 aromatic rings. The van der Waals surface area contributed by atoms with Crippen LogP contribution in [0.2, 0.25) is 0 Å². The summed E-state index contributed by atoms with van der Waals surface area (Å²) >= 11 is 1.58. The quantitative estimate of drug-likeness (QED) is 0.627. The van der Waals surface area contributed by atoms with Gasteiger partial charge in [0.2, 0.25) is 5.82 Å². The molecule has 0 saturated carbocycles. The largest absolute Gasteiger partial charge is 0.364 e. The van der Waals surface area contributed by atoms with Crippen LogP contribution in [0.25, 0.3) is 0 Å². The molecule has 0 atom stereocenters. The lowest BCUT2D eigenvalue weighted by Crippen LogP contribution is -2.12. The van der Waals surface area contributed by atoms with Crippen LogP contribution >= 0.6 is 11.3 Å². The molecule has 0 saturated heterocycles. The first-order chi connectivity index (χ1) is 9.63. The summed E-state index contributed by atoms with van der Waals surface area (Å²) in [4.78, 5) is 15.0. The zero-order valence-corrected chi connectivity index (χ0v) is 12.3. The van der Waals surface area contributed by atoms with E-state index in [2.05, 4.69) is 15.4 Å². The number of nitro groups is 1. The molecule has 0 fully saturated rings. The number of nitrogens with one attached hydrogen (secondary N) is 1. The summed E-state index contributed by atoms with van der Waals surface area (Å²) < 4.78 is 1.68. The Morgan fingerprint density at radius 2 is 2.35 bits per heavy atom. The molecule has 108 valence electrons. The molecule has 0 bridgehead atoms. The molecule has 2 heterocycles. The van der Waals surface area contributed by atoms with Crippen LogP contribution in [0.1, 0.15) is 24.0 Å². The van der Waals surface area contributed by atoms with E-state index in [1.807, 2.05) is 12.3 Å². The minimum atomic E-state index is -0.375. The number of rotatable bonds is 7. The van der Waals surface area contributed by atoms with E-state index in [0.717, 1.165) is 17.8 Å². The van der Waals surface area contributed by atoms with E-state index < -0.39 is 0 Å². The molecule has 1 N–H and O–H groups in total. The number of thiazole rings is 1. The molecule has 0 spiro atoms. The Morgan fingerprint density at radius 1 is 1.55 bits per heavy atom. The fourth-order valence-electron chi connectivity index (χ4n) is 2.00. The Labute approximate surface area is 120 Å². The van der Waals surface area contributed by atoms with Gasteiger partial charge in [-0.3, -0.25) is 10.1 Å². The summed E-state index contributed by atoms with van der Waals surface area (Å²) in [6.07, 6.45) is 3.37. The lowest BCUT2D eigenvalue weighted by atomic mass is 10.3. The van der Waals surface area contributed by atoms with Gasteiger partial charge in [-0.2, -0.15) is 5.10 Å². The van der Waals surface area contributed by atoms with E-state index >= 15 is 0 Å². The fraction of sp³-hybridized carbons (Fsp3) is 0.500. The Bertz CT molecular complexity index is 579. The van der Waals surface area contributed by atoms with Crippen molar-refractivity contribution < 1.29 is 4.92 Å². The monoisotopic (exact) mass is 295 g/mol. The van der Waals surface area contributed by atoms with Gasteiger partial charge < -0.3 is 5.32 Å². The highest BCUT2D eigenvalue weighted by Crippen LogP contribution is 2.28. The number of aryl methyl sites for hydroxylation is 2. The van der Waals surface area contributed by atoms with Gasteiger partial charge >= 0.3 is 5.69 Å². The van der Waals surface area contributed by atoms with Crippen molar-refractivity contribution in [1.29, 1.82) is 0 Å². The second-order valence-corrected chi connectivity index (χ2v) is 5.34. The normalized spacial score (nSPS) is 10.7. The van der Waals surface area contributed by atoms with Gasteiger partial charge in [0.15, 0.2) is 0 Å². The highest BCUT2D eigenvalue weighted by Gasteiger charge is 2.24. The van der Waals surface area contributed by atoms with E-state index in [1.54, 1.807) is 29.1 Å². The molecular formula is C12H17N5O2S. The molecule has 0 aliphatic rings. The van der Waals surface area contributed by atoms with Crippen molar-refractivity contribution in [2.45, 2.75) is 33.2 Å². The van der Waals surface area contributed by atoms with Crippen LogP contribution in [0.3, 0.4) is 0 Å². The third-order valence-electron chi connectivity index (χ3n) is 2.83. The maximum Gasteiger partial charge on any atom is 0.333 e. The van der Waals surface area contributed by atoms with Crippen molar-refractivity contribution in [1.82, 2.24) is 14.8 Å². The van der Waals surface area contributed by atoms with Crippen molar-refractivity contribution in [3.63, 3.8) is 0 Å². The number of aromatic nitrogens is 3. The van der Waals surface area contributed by atoms with E-state index in [-0.39, 0.29) is 10.6 Å². The molecule has 2 aromatic heterocycles. The second-order valence-electron chi connectivity index (χ2n) is 4.37. The second kappa shape index (κ2) is 6.47. The topological polar surface area (TPSA) is 85.9 Å². The molecule has 20 heavy (non-hydrogen) atoms. The molecule has 0 aliphatic carbocycles. The average molecular weight is 295 g/mol. The molecule has 8 heteroatoms. The van der Waals surface area contributed by atoms with Crippen molar-refractivity contribution >= 4 is 22.8 Å². The minimum Gasteiger partial charge on any atom is -0.364 e. The Hall–Kier alpha value is -1.96. The third kappa shape index (κ3) is 3.13. The number of nitrogens with zero attached hydrogens (tertiary/aromatic N) is 4. The summed E-state index contributed by atoms with van der Waals surface area (Å²) in [7, 11) is 0. The molecule has 0 aromatic carbocycles. The third-order valence-corrected chi connectivity index (χ3v) is 3.67. The van der Waals surface area contributed by atoms with Crippen LogP contribution in [0, 0.1) is 17.0 Å². The maximum atomic E-state index is 11.2. The average Bonchev–Trinajstić information content (AvgIpc) is 2.99. The Kier molecular flexibility index (Phi) is 4.67. The van der Waals surface area contributed by atoms with Crippen LogP contribution in [-0.2, 0) is 13.0 Å². The first kappa shape index (κ1) is 14.4. The number of anilines is 1. The summed E-state index contributed by atoms with van der Waals surface area (Å²) in [6, 6.07) is 0. The van der Waals surface area contributed by atoms with Crippen LogP contribution in [0.5, 0.6) is 0 Å². The lowest BCUT2D eigenvalue weighted by Gasteiger charge is -2.07. The number of hydrogen-bond acceptors (Lipinski definition) is 6. The van der Waals surface area contributed by atoms with Gasteiger partial charge in [-0.05, 0) is 13.3 Å². The van der Waals surface area contributed by atoms with Gasteiger partial charge in [0.1, 0.15) is 5.69 Å². The van der Waals surface area contributed by atoms with Crippen molar-refractivity contribution in [2.24, 2.45) is 0 Å². The van der Waals surface area contributed by atoms with Crippen LogP contribution in [0.15, 0.2) is 11.6 Å². The first-order valence-electron chi connectivity index (χ1n) is 6.47. The summed E-state index contributed by atoms with van der Waals surface area (Å²) in [5.41, 5.74) is 0.512. The van der Waals surface area contributed by atoms with E-state index in [0.29, 0.717) is 24.6 Å². The number of hydrogen-bond donors (Lipinski definition) is 1. The Morgan fingerprint density at radius 3 is 2.95 bits per heavy atom. The zero-order chi connectivity index (χ0) is 14.5. The molecule has 7 nitrogen and oxygen atoms in total. The van der Waals surface area contributed by atoms with E-state index in [4.69, 9.17) is 0 Å². The molecule has 2 rings (SSSR count). The van der Waals surface area contributed by atoms with E-state index in [9.17, 15) is 10.1 Å². The smallest absolute Gasteiger partial charge is 0.333 e. The standard InChI is InChI=1S/C12H17N5O2S/c1-3-7-16-12(11(17(18)19)9(2)15-16)14-5-4-10-13-6-8-20-10/h6,8,14H,3-5,7H2,1-2H3. The predicted molar refractivity (Wildman–Crippen MR) is 78.2 cm³/mol. The minimum absolute atomic E-state index is 0.0672. The summed E-state index contributed by atoms with van der Waals surface area (Å²) in [6.45, 7) is 4.94. The van der Waals surface area contributed by atoms with Gasteiger partial charge in [0.05, 0.1) is 9.93 Å². The SMILES string of the molecule is CCCn1nc(C)c([N+](=O)[O-])c1NCCc1nccs1. The van der Waals surface area contributed by atoms with Gasteiger partial charge in [0.25, 0.3) is 0 Å². The van der Waals surface area contributed by atoms with Crippen molar-refractivity contribution in [3.05, 3.63) is 32.4 Å². The maximum absolute atomic E-state index is 11.2. The van der Waals surface area contributed by atoms with Crippen LogP contribution in [0.4, 0.5) is 11.5 Å². The van der Waals surface area contributed by atoms with Gasteiger partial charge in [-0.15, -0.1) is 11.3 Å². The lowest BCUT2D eigenvalue weighted by molar-refractivity contribution is -0.384. The highest BCUT2D eigenvalue weighted by molar-refractivity contribution is 7.09. The van der Waals surface area contributed by atoms with Crippen molar-refractivity contribution in [3.8, 4) is 0 Å². The fourth-order valence-corrected chi connectivity index (χ4v) is 2.62. The molecule has 0 aliphatic heterocycles. The molecular weight excluding hydrogens is 278 g/mol. The van der Waals surface area contributed by atoms with Gasteiger partial charge in [-0.1, -0.05) is 6.92 Å². The van der Waals surface area contributed by atoms with Crippen molar-refractivity contribution in [2.75, 3.05) is 11.9 Å². The van der Waals surface area contributed by atoms with Crippen LogP contribution in [-0.4, -0.2) is 26.2 Å². The summed E-state index contributed by atoms with van der Waals surface area (Å²) in [5.74, 6) is 0.492. The predicted octanol–water partition coefficient (Wildman–Crippen LogP) is 2.62. The molecule has 0 unspecified atom stereocenters. The highest BCUT2D eigenvalue weighted by atomic mass is 32.1. The Balaban J connectivity index is 2.13. The molecule has 0 amide bonds. The first-order valence-corrected chi connectivity index (χ1v) is 7.35. The zero-order valence-electron chi connectivity index (χ0n) is 11.5. The van der Waals surface area contributed by atoms with Gasteiger partial charge in [0, 0.05) is 31.1 Å². The van der Waals surface area contributed by atoms with E-state index in [1.165, 1.54) is 0 Å². The van der Waals surface area contributed by atoms with Gasteiger partial charge in [-0.25, -0.2) is 9.67 Å². The molecule has 0 radical (unpaired) electrons. The summed E-state index contributed by atoms with van der Waals surface area (Å²) in [5, 5.41) is 21.5.